The van der Waals surface area contributed by atoms with Gasteiger partial charge in [0.25, 0.3) is 12.3 Å². The third kappa shape index (κ3) is 4.98. The molecule has 1 aromatic heterocycles. The molecule has 0 radical (unpaired) electrons. The van der Waals surface area contributed by atoms with E-state index in [-0.39, 0.29) is 24.1 Å². The first-order valence-corrected chi connectivity index (χ1v) is 6.40. The summed E-state index contributed by atoms with van der Waals surface area (Å²) in [7, 11) is 0. The third-order valence-electron chi connectivity index (χ3n) is 3.06. The molecule has 1 heterocycles. The van der Waals surface area contributed by atoms with Crippen LogP contribution in [-0.4, -0.2) is 35.2 Å². The quantitative estimate of drug-likeness (QED) is 0.760. The fourth-order valence-corrected chi connectivity index (χ4v) is 1.89. The number of aliphatic hydroxyl groups is 1. The zero-order valence-corrected chi connectivity index (χ0v) is 11.0. The fourth-order valence-electron chi connectivity index (χ4n) is 1.89. The van der Waals surface area contributed by atoms with Crippen LogP contribution >= 0.6 is 0 Å². The van der Waals surface area contributed by atoms with Gasteiger partial charge in [0.1, 0.15) is 5.69 Å². The molecule has 0 aliphatic rings. The summed E-state index contributed by atoms with van der Waals surface area (Å²) in [5.41, 5.74) is 0.235. The van der Waals surface area contributed by atoms with Crippen LogP contribution in [0, 0.1) is 5.92 Å². The van der Waals surface area contributed by atoms with Gasteiger partial charge >= 0.3 is 0 Å². The number of alkyl halides is 2. The minimum absolute atomic E-state index is 0.0795. The summed E-state index contributed by atoms with van der Waals surface area (Å²) in [4.78, 5) is 11.9. The summed E-state index contributed by atoms with van der Waals surface area (Å²) < 4.78 is 25.9. The Morgan fingerprint density at radius 2 is 2.26 bits per heavy atom. The summed E-state index contributed by atoms with van der Waals surface area (Å²) in [5, 5.41) is 11.6. The molecular weight excluding hydrogens is 254 g/mol. The van der Waals surface area contributed by atoms with Crippen molar-refractivity contribution in [2.75, 3.05) is 13.2 Å². The van der Waals surface area contributed by atoms with Gasteiger partial charge in [-0.3, -0.25) is 4.79 Å². The van der Waals surface area contributed by atoms with Crippen molar-refractivity contribution in [1.82, 2.24) is 9.88 Å². The molecule has 0 fully saturated rings. The van der Waals surface area contributed by atoms with Gasteiger partial charge in [-0.05, 0) is 24.5 Å². The van der Waals surface area contributed by atoms with Gasteiger partial charge in [0.05, 0.1) is 6.54 Å². The van der Waals surface area contributed by atoms with Crippen molar-refractivity contribution in [3.05, 3.63) is 24.0 Å². The number of nitrogens with zero attached hydrogens (tertiary/aromatic N) is 1. The zero-order chi connectivity index (χ0) is 14.3. The van der Waals surface area contributed by atoms with Crippen LogP contribution in [0.15, 0.2) is 18.3 Å². The second-order valence-corrected chi connectivity index (χ2v) is 4.43. The summed E-state index contributed by atoms with van der Waals surface area (Å²) >= 11 is 0. The lowest BCUT2D eigenvalue weighted by molar-refractivity contribution is 0.0921. The molecule has 1 unspecified atom stereocenters. The standard InChI is InChI=1S/C13H20F2N2O2/c1-2-10(5-7-18)8-16-13(19)11-4-3-6-17(11)9-12(14)15/h3-4,6,10,12,18H,2,5,7-9H2,1H3,(H,16,19). The van der Waals surface area contributed by atoms with Crippen LogP contribution in [-0.2, 0) is 6.54 Å². The van der Waals surface area contributed by atoms with Crippen LogP contribution in [0.4, 0.5) is 8.78 Å². The SMILES string of the molecule is CCC(CCO)CNC(=O)c1cccn1CC(F)F. The largest absolute Gasteiger partial charge is 0.396 e. The van der Waals surface area contributed by atoms with E-state index in [9.17, 15) is 13.6 Å². The van der Waals surface area contributed by atoms with E-state index in [2.05, 4.69) is 5.32 Å². The average Bonchev–Trinajstić information content (AvgIpc) is 2.81. The molecule has 19 heavy (non-hydrogen) atoms. The highest BCUT2D eigenvalue weighted by molar-refractivity contribution is 5.92. The molecule has 0 bridgehead atoms. The van der Waals surface area contributed by atoms with E-state index >= 15 is 0 Å². The van der Waals surface area contributed by atoms with Gasteiger partial charge in [0, 0.05) is 19.3 Å². The van der Waals surface area contributed by atoms with Crippen LogP contribution in [0.2, 0.25) is 0 Å². The highest BCUT2D eigenvalue weighted by Gasteiger charge is 2.15. The van der Waals surface area contributed by atoms with Gasteiger partial charge in [-0.15, -0.1) is 0 Å². The molecule has 0 aromatic carbocycles. The predicted molar refractivity (Wildman–Crippen MR) is 68.3 cm³/mol. The van der Waals surface area contributed by atoms with Gasteiger partial charge in [0.15, 0.2) is 0 Å². The van der Waals surface area contributed by atoms with E-state index in [0.717, 1.165) is 6.42 Å². The number of hydrogen-bond donors (Lipinski definition) is 2. The Labute approximate surface area is 111 Å². The number of halogens is 2. The zero-order valence-electron chi connectivity index (χ0n) is 11.0. The number of nitrogens with one attached hydrogen (secondary N) is 1. The Morgan fingerprint density at radius 3 is 2.84 bits per heavy atom. The molecule has 0 saturated carbocycles. The van der Waals surface area contributed by atoms with Gasteiger partial charge in [-0.25, -0.2) is 8.78 Å². The molecule has 0 aliphatic heterocycles. The average molecular weight is 274 g/mol. The lowest BCUT2D eigenvalue weighted by Gasteiger charge is -2.15. The second-order valence-electron chi connectivity index (χ2n) is 4.43. The van der Waals surface area contributed by atoms with E-state index in [1.165, 1.54) is 16.8 Å². The number of aromatic nitrogens is 1. The third-order valence-corrected chi connectivity index (χ3v) is 3.06. The van der Waals surface area contributed by atoms with Crippen LogP contribution in [0.1, 0.15) is 30.3 Å². The minimum Gasteiger partial charge on any atom is -0.396 e. The molecule has 1 rings (SSSR count). The van der Waals surface area contributed by atoms with Gasteiger partial charge in [0.2, 0.25) is 0 Å². The highest BCUT2D eigenvalue weighted by Crippen LogP contribution is 2.09. The van der Waals surface area contributed by atoms with Crippen molar-refractivity contribution in [3.8, 4) is 0 Å². The number of aliphatic hydroxyl groups excluding tert-OH is 1. The lowest BCUT2D eigenvalue weighted by atomic mass is 10.0. The Kier molecular flexibility index (Phi) is 6.49. The maximum absolute atomic E-state index is 12.3. The molecule has 2 N–H and O–H groups in total. The van der Waals surface area contributed by atoms with Gasteiger partial charge in [-0.1, -0.05) is 13.3 Å². The van der Waals surface area contributed by atoms with Crippen LogP contribution in [0.25, 0.3) is 0 Å². The minimum atomic E-state index is -2.49. The second kappa shape index (κ2) is 7.89. The molecule has 1 atom stereocenters. The maximum Gasteiger partial charge on any atom is 0.267 e. The fraction of sp³-hybridized carbons (Fsp3) is 0.615. The first-order chi connectivity index (χ1) is 9.08. The van der Waals surface area contributed by atoms with Crippen molar-refractivity contribution >= 4 is 5.91 Å². The highest BCUT2D eigenvalue weighted by atomic mass is 19.3. The number of carbonyl (C=O) groups excluding carboxylic acids is 1. The van der Waals surface area contributed by atoms with Crippen LogP contribution in [0.5, 0.6) is 0 Å². The Morgan fingerprint density at radius 1 is 1.53 bits per heavy atom. The van der Waals surface area contributed by atoms with Crippen molar-refractivity contribution in [1.29, 1.82) is 0 Å². The predicted octanol–water partition coefficient (Wildman–Crippen LogP) is 1.89. The van der Waals surface area contributed by atoms with E-state index < -0.39 is 13.0 Å². The Hall–Kier alpha value is -1.43. The molecule has 1 amide bonds. The molecular formula is C13H20F2N2O2. The molecule has 4 nitrogen and oxygen atoms in total. The molecule has 108 valence electrons. The van der Waals surface area contributed by atoms with Crippen molar-refractivity contribution in [2.45, 2.75) is 32.7 Å². The van der Waals surface area contributed by atoms with Gasteiger partial charge < -0.3 is 15.0 Å². The van der Waals surface area contributed by atoms with E-state index in [0.29, 0.717) is 13.0 Å². The van der Waals surface area contributed by atoms with Crippen molar-refractivity contribution in [3.63, 3.8) is 0 Å². The van der Waals surface area contributed by atoms with Crippen molar-refractivity contribution < 1.29 is 18.7 Å². The van der Waals surface area contributed by atoms with Crippen molar-refractivity contribution in [2.24, 2.45) is 5.92 Å². The summed E-state index contributed by atoms with van der Waals surface area (Å²) in [6.45, 7) is 2.02. The van der Waals surface area contributed by atoms with Gasteiger partial charge in [-0.2, -0.15) is 0 Å². The Balaban J connectivity index is 2.55. The normalized spacial score (nSPS) is 12.7. The number of amides is 1. The van der Waals surface area contributed by atoms with E-state index in [1.807, 2.05) is 6.92 Å². The number of carbonyl (C=O) groups is 1. The monoisotopic (exact) mass is 274 g/mol. The van der Waals surface area contributed by atoms with Crippen LogP contribution < -0.4 is 5.32 Å². The molecule has 0 spiro atoms. The van der Waals surface area contributed by atoms with Crippen LogP contribution in [0.3, 0.4) is 0 Å². The first kappa shape index (κ1) is 15.6. The molecule has 6 heteroatoms. The molecule has 0 saturated heterocycles. The lowest BCUT2D eigenvalue weighted by Crippen LogP contribution is -2.31. The molecule has 0 aliphatic carbocycles. The first-order valence-electron chi connectivity index (χ1n) is 6.40. The van der Waals surface area contributed by atoms with E-state index in [1.54, 1.807) is 6.07 Å². The summed E-state index contributed by atoms with van der Waals surface area (Å²) in [6.07, 6.45) is 0.441. The Bertz CT molecular complexity index is 394. The number of rotatable bonds is 8. The molecule has 1 aromatic rings. The summed E-state index contributed by atoms with van der Waals surface area (Å²) in [5.74, 6) is -0.158. The summed E-state index contributed by atoms with van der Waals surface area (Å²) in [6, 6.07) is 3.09. The number of hydrogen-bond acceptors (Lipinski definition) is 2. The maximum atomic E-state index is 12.3. The van der Waals surface area contributed by atoms with E-state index in [4.69, 9.17) is 5.11 Å². The topological polar surface area (TPSA) is 54.3 Å². The smallest absolute Gasteiger partial charge is 0.267 e.